The standard InChI is InChI=1S/C24H28BrFN2O4/c1-16(17-5-9-19(25)10-6-17)28-14-13-24(32-22(28)30,18-7-11-20(26)12-8-18)15-23(2,3)27-21(29)31-4/h5-12,16H,13-15H2,1-4H3,(H,27,29)/t16-,24-/m0/s1. The van der Waals surface area contributed by atoms with Crippen LogP contribution in [0.3, 0.4) is 0 Å². The van der Waals surface area contributed by atoms with Gasteiger partial charge in [-0.2, -0.15) is 0 Å². The zero-order chi connectivity index (χ0) is 23.5. The molecule has 0 radical (unpaired) electrons. The van der Waals surface area contributed by atoms with Crippen LogP contribution in [0.5, 0.6) is 0 Å². The van der Waals surface area contributed by atoms with Crippen LogP contribution in [0.1, 0.15) is 50.8 Å². The van der Waals surface area contributed by atoms with E-state index in [2.05, 4.69) is 21.2 Å². The average Bonchev–Trinajstić information content (AvgIpc) is 2.73. The number of carbonyl (C=O) groups is 2. The molecule has 1 aliphatic rings. The Hall–Kier alpha value is -2.61. The van der Waals surface area contributed by atoms with Crippen LogP contribution in [0, 0.1) is 5.82 Å². The van der Waals surface area contributed by atoms with Gasteiger partial charge in [0.25, 0.3) is 0 Å². The summed E-state index contributed by atoms with van der Waals surface area (Å²) in [5, 5.41) is 2.79. The third kappa shape index (κ3) is 5.41. The number of halogens is 2. The van der Waals surface area contributed by atoms with Gasteiger partial charge in [0.05, 0.1) is 13.2 Å². The van der Waals surface area contributed by atoms with E-state index in [-0.39, 0.29) is 11.9 Å². The highest BCUT2D eigenvalue weighted by Crippen LogP contribution is 2.42. The molecular weight excluding hydrogens is 479 g/mol. The molecule has 2 atom stereocenters. The molecule has 0 aliphatic carbocycles. The highest BCUT2D eigenvalue weighted by Gasteiger charge is 2.47. The van der Waals surface area contributed by atoms with E-state index in [1.807, 2.05) is 45.0 Å². The van der Waals surface area contributed by atoms with E-state index < -0.39 is 23.3 Å². The molecule has 0 saturated carbocycles. The Bertz CT molecular complexity index is 965. The monoisotopic (exact) mass is 506 g/mol. The topological polar surface area (TPSA) is 67.9 Å². The Kier molecular flexibility index (Phi) is 7.12. The number of alkyl carbamates (subject to hydrolysis) is 1. The van der Waals surface area contributed by atoms with E-state index in [9.17, 15) is 14.0 Å². The van der Waals surface area contributed by atoms with Crippen molar-refractivity contribution in [1.29, 1.82) is 0 Å². The lowest BCUT2D eigenvalue weighted by Gasteiger charge is -2.46. The number of cyclic esters (lactones) is 1. The van der Waals surface area contributed by atoms with Gasteiger partial charge in [-0.25, -0.2) is 14.0 Å². The highest BCUT2D eigenvalue weighted by atomic mass is 79.9. The molecule has 0 spiro atoms. The van der Waals surface area contributed by atoms with E-state index >= 15 is 0 Å². The zero-order valence-electron chi connectivity index (χ0n) is 18.7. The van der Waals surface area contributed by atoms with Crippen LogP contribution < -0.4 is 5.32 Å². The van der Waals surface area contributed by atoms with E-state index in [1.165, 1.54) is 19.2 Å². The Morgan fingerprint density at radius 3 is 2.44 bits per heavy atom. The molecular formula is C24H28BrFN2O4. The minimum absolute atomic E-state index is 0.178. The third-order valence-corrected chi connectivity index (χ3v) is 6.35. The van der Waals surface area contributed by atoms with E-state index in [0.29, 0.717) is 24.9 Å². The SMILES string of the molecule is COC(=O)NC(C)(C)C[C@]1(c2ccc(F)cc2)CCN([C@@H](C)c2ccc(Br)cc2)C(=O)O1. The van der Waals surface area contributed by atoms with Crippen molar-refractivity contribution in [3.8, 4) is 0 Å². The maximum Gasteiger partial charge on any atom is 0.411 e. The average molecular weight is 507 g/mol. The van der Waals surface area contributed by atoms with Gasteiger partial charge in [-0.1, -0.05) is 40.2 Å². The first-order valence-corrected chi connectivity index (χ1v) is 11.2. The summed E-state index contributed by atoms with van der Waals surface area (Å²) in [5.74, 6) is -0.372. The molecule has 1 N–H and O–H groups in total. The van der Waals surface area contributed by atoms with Crippen LogP contribution in [0.15, 0.2) is 53.0 Å². The van der Waals surface area contributed by atoms with Crippen LogP contribution in [0.4, 0.5) is 14.0 Å². The van der Waals surface area contributed by atoms with E-state index in [1.54, 1.807) is 17.0 Å². The fourth-order valence-electron chi connectivity index (χ4n) is 4.21. The Labute approximate surface area is 196 Å². The number of nitrogens with one attached hydrogen (secondary N) is 1. The number of carbonyl (C=O) groups excluding carboxylic acids is 2. The maximum atomic E-state index is 13.6. The Morgan fingerprint density at radius 2 is 1.88 bits per heavy atom. The molecule has 0 bridgehead atoms. The van der Waals surface area contributed by atoms with Gasteiger partial charge in [-0.3, -0.25) is 0 Å². The minimum Gasteiger partial charge on any atom is -0.453 e. The van der Waals surface area contributed by atoms with Gasteiger partial charge < -0.3 is 19.7 Å². The van der Waals surface area contributed by atoms with Crippen molar-refractivity contribution in [2.24, 2.45) is 0 Å². The van der Waals surface area contributed by atoms with Gasteiger partial charge in [0, 0.05) is 29.4 Å². The van der Waals surface area contributed by atoms with Crippen molar-refractivity contribution < 1.29 is 23.5 Å². The van der Waals surface area contributed by atoms with Crippen LogP contribution in [0.2, 0.25) is 0 Å². The number of hydrogen-bond donors (Lipinski definition) is 1. The molecule has 2 aromatic rings. The lowest BCUT2D eigenvalue weighted by atomic mass is 9.78. The summed E-state index contributed by atoms with van der Waals surface area (Å²) < 4.78 is 25.4. The second-order valence-corrected chi connectivity index (χ2v) is 9.63. The first kappa shape index (κ1) is 24.0. The van der Waals surface area contributed by atoms with Crippen molar-refractivity contribution in [2.45, 2.75) is 50.8 Å². The second-order valence-electron chi connectivity index (χ2n) is 8.72. The molecule has 8 heteroatoms. The molecule has 1 fully saturated rings. The number of rotatable bonds is 6. The molecule has 2 aromatic carbocycles. The van der Waals surface area contributed by atoms with Gasteiger partial charge in [0.15, 0.2) is 0 Å². The molecule has 1 heterocycles. The zero-order valence-corrected chi connectivity index (χ0v) is 20.2. The Balaban J connectivity index is 1.88. The molecule has 172 valence electrons. The van der Waals surface area contributed by atoms with Crippen LogP contribution in [-0.4, -0.2) is 36.3 Å². The lowest BCUT2D eigenvalue weighted by molar-refractivity contribution is -0.0760. The van der Waals surface area contributed by atoms with E-state index in [0.717, 1.165) is 10.0 Å². The van der Waals surface area contributed by atoms with Crippen molar-refractivity contribution >= 4 is 28.1 Å². The number of nitrogens with zero attached hydrogens (tertiary/aromatic N) is 1. The third-order valence-electron chi connectivity index (χ3n) is 5.82. The van der Waals surface area contributed by atoms with Crippen molar-refractivity contribution in [2.75, 3.05) is 13.7 Å². The second kappa shape index (κ2) is 9.48. The molecule has 32 heavy (non-hydrogen) atoms. The highest BCUT2D eigenvalue weighted by molar-refractivity contribution is 9.10. The summed E-state index contributed by atoms with van der Waals surface area (Å²) in [5.41, 5.74) is -0.0954. The van der Waals surface area contributed by atoms with E-state index in [4.69, 9.17) is 9.47 Å². The molecule has 0 unspecified atom stereocenters. The van der Waals surface area contributed by atoms with Gasteiger partial charge in [0.1, 0.15) is 11.4 Å². The van der Waals surface area contributed by atoms with Gasteiger partial charge in [0.2, 0.25) is 0 Å². The van der Waals surface area contributed by atoms with Gasteiger partial charge in [-0.05, 0) is 56.2 Å². The molecule has 2 amide bonds. The molecule has 0 aromatic heterocycles. The quantitative estimate of drug-likeness (QED) is 0.528. The maximum absolute atomic E-state index is 13.6. The van der Waals surface area contributed by atoms with Crippen molar-refractivity contribution in [3.05, 3.63) is 69.9 Å². The number of benzene rings is 2. The summed E-state index contributed by atoms with van der Waals surface area (Å²) in [6, 6.07) is 13.6. The summed E-state index contributed by atoms with van der Waals surface area (Å²) in [4.78, 5) is 26.7. The molecule has 1 aliphatic heterocycles. The Morgan fingerprint density at radius 1 is 1.25 bits per heavy atom. The van der Waals surface area contributed by atoms with Crippen molar-refractivity contribution in [3.63, 3.8) is 0 Å². The largest absolute Gasteiger partial charge is 0.453 e. The molecule has 1 saturated heterocycles. The number of methoxy groups -OCH3 is 1. The van der Waals surface area contributed by atoms with Crippen LogP contribution in [-0.2, 0) is 15.1 Å². The normalized spacial score (nSPS) is 19.8. The minimum atomic E-state index is -1.02. The predicted octanol–water partition coefficient (Wildman–Crippen LogP) is 5.91. The first-order valence-electron chi connectivity index (χ1n) is 10.4. The summed E-state index contributed by atoms with van der Waals surface area (Å²) in [7, 11) is 1.29. The summed E-state index contributed by atoms with van der Waals surface area (Å²) in [6.45, 7) is 6.07. The first-order chi connectivity index (χ1) is 15.0. The number of ether oxygens (including phenoxy) is 2. The molecule has 6 nitrogen and oxygen atoms in total. The fraction of sp³-hybridized carbons (Fsp3) is 0.417. The lowest BCUT2D eigenvalue weighted by Crippen LogP contribution is -2.54. The fourth-order valence-corrected chi connectivity index (χ4v) is 4.48. The van der Waals surface area contributed by atoms with Crippen molar-refractivity contribution in [1.82, 2.24) is 10.2 Å². The smallest absolute Gasteiger partial charge is 0.411 e. The van der Waals surface area contributed by atoms with Crippen LogP contribution >= 0.6 is 15.9 Å². The number of hydrogen-bond acceptors (Lipinski definition) is 4. The summed E-state index contributed by atoms with van der Waals surface area (Å²) >= 11 is 3.43. The predicted molar refractivity (Wildman–Crippen MR) is 123 cm³/mol. The van der Waals surface area contributed by atoms with Crippen LogP contribution in [0.25, 0.3) is 0 Å². The summed E-state index contributed by atoms with van der Waals surface area (Å²) in [6.07, 6.45) is -0.244. The van der Waals surface area contributed by atoms with Gasteiger partial charge >= 0.3 is 12.2 Å². The van der Waals surface area contributed by atoms with Gasteiger partial charge in [-0.15, -0.1) is 0 Å². The number of amides is 2. The molecule has 3 rings (SSSR count).